The molecular weight excluding hydrogens is 382 g/mol. The van der Waals surface area contributed by atoms with Crippen LogP contribution in [0.1, 0.15) is 44.2 Å². The minimum absolute atomic E-state index is 0.0612. The number of hydrogen-bond acceptors (Lipinski definition) is 4. The predicted octanol–water partition coefficient (Wildman–Crippen LogP) is 4.28. The van der Waals surface area contributed by atoms with Crippen molar-refractivity contribution in [1.82, 2.24) is 4.90 Å². The SMILES string of the molecule is CC(C)(C)OC1C[C@@H](C(=O)O)N(C(=O)OCC2c3ccccc3-c3ccccc32)C1. The molecule has 0 spiro atoms. The van der Waals surface area contributed by atoms with Crippen LogP contribution in [-0.4, -0.2) is 53.0 Å². The lowest BCUT2D eigenvalue weighted by Crippen LogP contribution is -2.41. The van der Waals surface area contributed by atoms with E-state index >= 15 is 0 Å². The van der Waals surface area contributed by atoms with Gasteiger partial charge in [0, 0.05) is 12.3 Å². The van der Waals surface area contributed by atoms with Gasteiger partial charge in [0.25, 0.3) is 0 Å². The van der Waals surface area contributed by atoms with Gasteiger partial charge in [-0.3, -0.25) is 4.90 Å². The van der Waals surface area contributed by atoms with Crippen LogP contribution < -0.4 is 0 Å². The van der Waals surface area contributed by atoms with E-state index in [9.17, 15) is 14.7 Å². The minimum atomic E-state index is -1.04. The Kier molecular flexibility index (Phi) is 5.28. The molecule has 2 atom stereocenters. The van der Waals surface area contributed by atoms with Crippen molar-refractivity contribution >= 4 is 12.1 Å². The number of carboxylic acids is 1. The van der Waals surface area contributed by atoms with Crippen LogP contribution in [0.25, 0.3) is 11.1 Å². The fourth-order valence-corrected chi connectivity index (χ4v) is 4.50. The molecule has 0 radical (unpaired) electrons. The molecule has 1 N–H and O–H groups in total. The summed E-state index contributed by atoms with van der Waals surface area (Å²) < 4.78 is 11.6. The van der Waals surface area contributed by atoms with E-state index < -0.39 is 23.7 Å². The summed E-state index contributed by atoms with van der Waals surface area (Å²) in [6.45, 7) is 6.13. The Hall–Kier alpha value is -2.86. The number of nitrogens with zero attached hydrogens (tertiary/aromatic N) is 1. The summed E-state index contributed by atoms with van der Waals surface area (Å²) >= 11 is 0. The van der Waals surface area contributed by atoms with E-state index in [4.69, 9.17) is 9.47 Å². The van der Waals surface area contributed by atoms with Crippen LogP contribution in [0.5, 0.6) is 0 Å². The third-order valence-corrected chi connectivity index (χ3v) is 5.64. The lowest BCUT2D eigenvalue weighted by molar-refractivity contribution is -0.141. The number of benzene rings is 2. The molecule has 0 bridgehead atoms. The molecule has 1 unspecified atom stereocenters. The molecule has 2 aliphatic rings. The predicted molar refractivity (Wildman–Crippen MR) is 112 cm³/mol. The highest BCUT2D eigenvalue weighted by Crippen LogP contribution is 2.44. The number of carboxylic acid groups (broad SMARTS) is 1. The molecular formula is C24H27NO5. The van der Waals surface area contributed by atoms with Crippen LogP contribution in [0.2, 0.25) is 0 Å². The van der Waals surface area contributed by atoms with Gasteiger partial charge in [-0.2, -0.15) is 0 Å². The second kappa shape index (κ2) is 7.76. The van der Waals surface area contributed by atoms with Crippen molar-refractivity contribution in [2.24, 2.45) is 0 Å². The fraction of sp³-hybridized carbons (Fsp3) is 0.417. The molecule has 1 heterocycles. The van der Waals surface area contributed by atoms with Crippen molar-refractivity contribution in [2.45, 2.75) is 50.9 Å². The maximum absolute atomic E-state index is 12.8. The van der Waals surface area contributed by atoms with Gasteiger partial charge in [-0.15, -0.1) is 0 Å². The van der Waals surface area contributed by atoms with Crippen LogP contribution >= 0.6 is 0 Å². The standard InChI is InChI=1S/C24H27NO5/c1-24(2,3)30-15-12-21(22(26)27)25(13-15)23(28)29-14-20-18-10-6-4-8-16(18)17-9-5-7-11-19(17)20/h4-11,15,20-21H,12-14H2,1-3H3,(H,26,27)/t15?,21-/m0/s1. The second-order valence-corrected chi connectivity index (χ2v) is 8.90. The number of carbonyl (C=O) groups is 2. The van der Waals surface area contributed by atoms with Gasteiger partial charge in [-0.25, -0.2) is 9.59 Å². The van der Waals surface area contributed by atoms with Gasteiger partial charge in [0.15, 0.2) is 0 Å². The molecule has 1 aliphatic heterocycles. The molecule has 2 aromatic carbocycles. The first-order chi connectivity index (χ1) is 14.2. The summed E-state index contributed by atoms with van der Waals surface area (Å²) in [5.41, 5.74) is 4.13. The highest BCUT2D eigenvalue weighted by molar-refractivity contribution is 5.81. The number of amides is 1. The Labute approximate surface area is 176 Å². The van der Waals surface area contributed by atoms with Crippen molar-refractivity contribution in [3.63, 3.8) is 0 Å². The summed E-state index contributed by atoms with van der Waals surface area (Å²) in [6, 6.07) is 15.3. The van der Waals surface area contributed by atoms with Gasteiger partial charge in [-0.05, 0) is 43.0 Å². The van der Waals surface area contributed by atoms with Crippen molar-refractivity contribution < 1.29 is 24.2 Å². The van der Waals surface area contributed by atoms with Crippen LogP contribution in [0.3, 0.4) is 0 Å². The summed E-state index contributed by atoms with van der Waals surface area (Å²) in [4.78, 5) is 25.8. The Balaban J connectivity index is 1.48. The maximum Gasteiger partial charge on any atom is 0.410 e. The quantitative estimate of drug-likeness (QED) is 0.816. The summed E-state index contributed by atoms with van der Waals surface area (Å²) in [5.74, 6) is -1.10. The van der Waals surface area contributed by atoms with E-state index in [1.54, 1.807) is 0 Å². The Morgan fingerprint density at radius 1 is 1.03 bits per heavy atom. The van der Waals surface area contributed by atoms with Crippen LogP contribution in [0.15, 0.2) is 48.5 Å². The minimum Gasteiger partial charge on any atom is -0.480 e. The summed E-state index contributed by atoms with van der Waals surface area (Å²) in [5, 5.41) is 9.58. The van der Waals surface area contributed by atoms with Crippen molar-refractivity contribution in [3.05, 3.63) is 59.7 Å². The summed E-state index contributed by atoms with van der Waals surface area (Å²) in [7, 11) is 0. The fourth-order valence-electron chi connectivity index (χ4n) is 4.50. The zero-order chi connectivity index (χ0) is 21.5. The zero-order valence-electron chi connectivity index (χ0n) is 17.5. The number of fused-ring (bicyclic) bond motifs is 3. The molecule has 6 heteroatoms. The van der Waals surface area contributed by atoms with Crippen LogP contribution in [-0.2, 0) is 14.3 Å². The first kappa shape index (κ1) is 20.4. The molecule has 1 fully saturated rings. The monoisotopic (exact) mass is 409 g/mol. The molecule has 0 saturated carbocycles. The number of hydrogen-bond donors (Lipinski definition) is 1. The Morgan fingerprint density at radius 3 is 2.13 bits per heavy atom. The smallest absolute Gasteiger partial charge is 0.410 e. The number of carbonyl (C=O) groups excluding carboxylic acids is 1. The van der Waals surface area contributed by atoms with Gasteiger partial charge in [0.05, 0.1) is 18.2 Å². The normalized spacial score (nSPS) is 20.7. The first-order valence-electron chi connectivity index (χ1n) is 10.3. The molecule has 1 saturated heterocycles. The molecule has 4 rings (SSSR count). The van der Waals surface area contributed by atoms with Gasteiger partial charge < -0.3 is 14.6 Å². The first-order valence-corrected chi connectivity index (χ1v) is 10.3. The van der Waals surface area contributed by atoms with E-state index in [-0.39, 0.29) is 31.6 Å². The summed E-state index contributed by atoms with van der Waals surface area (Å²) in [6.07, 6.45) is -0.674. The zero-order valence-corrected chi connectivity index (χ0v) is 17.5. The number of aliphatic carboxylic acids is 1. The molecule has 2 aromatic rings. The van der Waals surface area contributed by atoms with E-state index in [2.05, 4.69) is 24.3 Å². The highest BCUT2D eigenvalue weighted by atomic mass is 16.6. The van der Waals surface area contributed by atoms with Gasteiger partial charge in [0.1, 0.15) is 12.6 Å². The van der Waals surface area contributed by atoms with Gasteiger partial charge in [-0.1, -0.05) is 48.5 Å². The second-order valence-electron chi connectivity index (χ2n) is 8.90. The van der Waals surface area contributed by atoms with Gasteiger partial charge in [0.2, 0.25) is 0 Å². The molecule has 1 amide bonds. The molecule has 0 aromatic heterocycles. The molecule has 158 valence electrons. The average Bonchev–Trinajstić information content (AvgIpc) is 3.24. The lowest BCUT2D eigenvalue weighted by atomic mass is 9.98. The van der Waals surface area contributed by atoms with Crippen LogP contribution in [0, 0.1) is 0 Å². The number of rotatable bonds is 4. The largest absolute Gasteiger partial charge is 0.480 e. The topological polar surface area (TPSA) is 76.1 Å². The van der Waals surface area contributed by atoms with Gasteiger partial charge >= 0.3 is 12.1 Å². The molecule has 1 aliphatic carbocycles. The maximum atomic E-state index is 12.8. The van der Waals surface area contributed by atoms with Crippen molar-refractivity contribution in [3.8, 4) is 11.1 Å². The number of likely N-dealkylation sites (tertiary alicyclic amines) is 1. The van der Waals surface area contributed by atoms with Crippen LogP contribution in [0.4, 0.5) is 4.79 Å². The Bertz CT molecular complexity index is 919. The third-order valence-electron chi connectivity index (χ3n) is 5.64. The molecule has 6 nitrogen and oxygen atoms in total. The van der Waals surface area contributed by atoms with E-state index in [0.717, 1.165) is 22.3 Å². The third kappa shape index (κ3) is 3.92. The van der Waals surface area contributed by atoms with E-state index in [1.807, 2.05) is 45.0 Å². The van der Waals surface area contributed by atoms with Crippen molar-refractivity contribution in [2.75, 3.05) is 13.2 Å². The Morgan fingerprint density at radius 2 is 1.60 bits per heavy atom. The highest BCUT2D eigenvalue weighted by Gasteiger charge is 2.42. The van der Waals surface area contributed by atoms with E-state index in [0.29, 0.717) is 0 Å². The number of ether oxygens (including phenoxy) is 2. The molecule has 30 heavy (non-hydrogen) atoms. The lowest BCUT2D eigenvalue weighted by Gasteiger charge is -2.25. The van der Waals surface area contributed by atoms with Crippen molar-refractivity contribution in [1.29, 1.82) is 0 Å². The average molecular weight is 409 g/mol. The van der Waals surface area contributed by atoms with E-state index in [1.165, 1.54) is 4.90 Å².